The molecule has 5 aliphatic rings. The molecular formula is C38H60N6O. The maximum atomic E-state index is 12.4. The minimum atomic E-state index is -0.594. The van der Waals surface area contributed by atoms with Gasteiger partial charge in [0.2, 0.25) is 5.95 Å². The lowest BCUT2D eigenvalue weighted by molar-refractivity contribution is -0.0908. The third-order valence-electron chi connectivity index (χ3n) is 13.0. The fraction of sp³-hybridized carbons (Fsp3) is 0.737. The van der Waals surface area contributed by atoms with Gasteiger partial charge in [-0.1, -0.05) is 49.3 Å². The predicted molar refractivity (Wildman–Crippen MR) is 188 cm³/mol. The second-order valence-electron chi connectivity index (χ2n) is 15.0. The summed E-state index contributed by atoms with van der Waals surface area (Å²) in [5.74, 6) is 4.70. The topological polar surface area (TPSA) is 59.0 Å². The minimum Gasteiger partial charge on any atom is -0.389 e. The summed E-state index contributed by atoms with van der Waals surface area (Å²) in [6, 6.07) is 2.19. The first kappa shape index (κ1) is 32.6. The lowest BCUT2D eigenvalue weighted by atomic mass is 9.50. The van der Waals surface area contributed by atoms with Gasteiger partial charge in [-0.3, -0.25) is 4.90 Å². The molecule has 1 N–H and O–H groups in total. The molecule has 2 heterocycles. The van der Waals surface area contributed by atoms with Gasteiger partial charge in [-0.25, -0.2) is 0 Å². The number of rotatable bonds is 10. The summed E-state index contributed by atoms with van der Waals surface area (Å²) in [6.45, 7) is 24.7. The first-order chi connectivity index (χ1) is 21.6. The zero-order valence-electron chi connectivity index (χ0n) is 29.4. The van der Waals surface area contributed by atoms with E-state index in [-0.39, 0.29) is 10.8 Å². The maximum absolute atomic E-state index is 12.4. The van der Waals surface area contributed by atoms with Crippen molar-refractivity contribution >= 4 is 17.6 Å². The van der Waals surface area contributed by atoms with Crippen molar-refractivity contribution in [3.63, 3.8) is 0 Å². The van der Waals surface area contributed by atoms with E-state index in [4.69, 9.17) is 9.97 Å². The Morgan fingerprint density at radius 1 is 0.933 bits per heavy atom. The average Bonchev–Trinajstić information content (AvgIpc) is 3.32. The molecule has 0 unspecified atom stereocenters. The Kier molecular flexibility index (Phi) is 9.17. The molecule has 1 aromatic rings. The van der Waals surface area contributed by atoms with E-state index < -0.39 is 5.60 Å². The molecule has 6 rings (SSSR count). The van der Waals surface area contributed by atoms with Crippen LogP contribution in [0.2, 0.25) is 0 Å². The van der Waals surface area contributed by atoms with Crippen molar-refractivity contribution in [3.05, 3.63) is 41.5 Å². The van der Waals surface area contributed by atoms with Crippen LogP contribution < -0.4 is 14.7 Å². The van der Waals surface area contributed by atoms with E-state index >= 15 is 0 Å². The van der Waals surface area contributed by atoms with Crippen LogP contribution in [0.4, 0.5) is 17.6 Å². The minimum absolute atomic E-state index is 0.0404. The fourth-order valence-electron chi connectivity index (χ4n) is 10.1. The van der Waals surface area contributed by atoms with E-state index in [1.165, 1.54) is 6.42 Å². The highest BCUT2D eigenvalue weighted by Gasteiger charge is 2.61. The van der Waals surface area contributed by atoms with Gasteiger partial charge < -0.3 is 19.8 Å². The van der Waals surface area contributed by atoms with Crippen LogP contribution in [0, 0.1) is 28.6 Å². The molecule has 2 saturated carbocycles. The molecule has 1 saturated heterocycles. The molecule has 0 spiro atoms. The van der Waals surface area contributed by atoms with Crippen LogP contribution >= 0.6 is 0 Å². The Balaban J connectivity index is 1.12. The number of anilines is 3. The van der Waals surface area contributed by atoms with Gasteiger partial charge in [0, 0.05) is 75.8 Å². The van der Waals surface area contributed by atoms with Crippen LogP contribution in [0.3, 0.4) is 0 Å². The summed E-state index contributed by atoms with van der Waals surface area (Å²) in [5.41, 5.74) is 2.75. The first-order valence-corrected chi connectivity index (χ1v) is 18.3. The lowest BCUT2D eigenvalue weighted by Gasteiger charge is -2.55. The van der Waals surface area contributed by atoms with Crippen molar-refractivity contribution in [2.45, 2.75) is 92.6 Å². The quantitative estimate of drug-likeness (QED) is 0.293. The van der Waals surface area contributed by atoms with Gasteiger partial charge in [0.1, 0.15) is 11.6 Å². The number of hydrogen-bond donors (Lipinski definition) is 1. The largest absolute Gasteiger partial charge is 0.389 e. The van der Waals surface area contributed by atoms with E-state index in [0.717, 1.165) is 109 Å². The van der Waals surface area contributed by atoms with Crippen LogP contribution in [0.1, 0.15) is 87.0 Å². The third kappa shape index (κ3) is 5.54. The van der Waals surface area contributed by atoms with Crippen molar-refractivity contribution in [2.75, 3.05) is 73.6 Å². The van der Waals surface area contributed by atoms with Crippen molar-refractivity contribution in [1.29, 1.82) is 0 Å². The van der Waals surface area contributed by atoms with Gasteiger partial charge in [0.05, 0.1) is 5.60 Å². The van der Waals surface area contributed by atoms with Crippen LogP contribution in [0.5, 0.6) is 0 Å². The van der Waals surface area contributed by atoms with Crippen molar-refractivity contribution in [2.24, 2.45) is 28.6 Å². The molecule has 4 aliphatic carbocycles. The number of aromatic nitrogens is 2. The summed E-state index contributed by atoms with van der Waals surface area (Å²) < 4.78 is 0. The number of fused-ring (bicyclic) bond motifs is 5. The Hall–Kier alpha value is -2.38. The monoisotopic (exact) mass is 616 g/mol. The Morgan fingerprint density at radius 2 is 1.64 bits per heavy atom. The zero-order chi connectivity index (χ0) is 32.0. The van der Waals surface area contributed by atoms with Gasteiger partial charge in [0.25, 0.3) is 0 Å². The molecule has 3 fully saturated rings. The van der Waals surface area contributed by atoms with E-state index in [2.05, 4.69) is 98.4 Å². The number of nitrogens with zero attached hydrogens (tertiary/aromatic N) is 6. The normalized spacial score (nSPS) is 34.5. The lowest BCUT2D eigenvalue weighted by Crippen LogP contribution is -2.53. The maximum Gasteiger partial charge on any atom is 0.229 e. The number of hydrogen-bond acceptors (Lipinski definition) is 7. The smallest absolute Gasteiger partial charge is 0.229 e. The van der Waals surface area contributed by atoms with E-state index in [1.807, 2.05) is 0 Å². The van der Waals surface area contributed by atoms with E-state index in [1.54, 1.807) is 11.1 Å². The van der Waals surface area contributed by atoms with Gasteiger partial charge in [0.15, 0.2) is 0 Å². The fourth-order valence-corrected chi connectivity index (χ4v) is 10.1. The highest BCUT2D eigenvalue weighted by atomic mass is 16.3. The molecule has 1 aliphatic heterocycles. The average molecular weight is 617 g/mol. The molecular weight excluding hydrogens is 556 g/mol. The number of aliphatic hydroxyl groups is 1. The van der Waals surface area contributed by atoms with Crippen LogP contribution in [0.25, 0.3) is 0 Å². The zero-order valence-corrected chi connectivity index (χ0v) is 29.4. The number of allylic oxidation sites excluding steroid dienone is 6. The molecule has 7 nitrogen and oxygen atoms in total. The molecule has 0 aromatic carbocycles. The summed E-state index contributed by atoms with van der Waals surface area (Å²) >= 11 is 0. The van der Waals surface area contributed by atoms with E-state index in [0.29, 0.717) is 17.8 Å². The van der Waals surface area contributed by atoms with Crippen molar-refractivity contribution < 1.29 is 5.11 Å². The second kappa shape index (κ2) is 12.7. The summed E-state index contributed by atoms with van der Waals surface area (Å²) in [4.78, 5) is 19.6. The Morgan fingerprint density at radius 3 is 2.33 bits per heavy atom. The molecule has 0 radical (unpaired) electrons. The molecule has 0 bridgehead atoms. The van der Waals surface area contributed by atoms with Crippen LogP contribution in [-0.2, 0) is 0 Å². The summed E-state index contributed by atoms with van der Waals surface area (Å²) in [7, 11) is 0. The van der Waals surface area contributed by atoms with Crippen LogP contribution in [-0.4, -0.2) is 84.5 Å². The first-order valence-electron chi connectivity index (χ1n) is 18.3. The van der Waals surface area contributed by atoms with Crippen LogP contribution in [0.15, 0.2) is 41.5 Å². The highest BCUT2D eigenvalue weighted by Crippen LogP contribution is 2.66. The van der Waals surface area contributed by atoms with Gasteiger partial charge in [-0.15, -0.1) is 0 Å². The van der Waals surface area contributed by atoms with Crippen molar-refractivity contribution in [3.8, 4) is 0 Å². The van der Waals surface area contributed by atoms with Gasteiger partial charge in [-0.2, -0.15) is 9.97 Å². The second-order valence-corrected chi connectivity index (χ2v) is 15.0. The molecule has 248 valence electrons. The third-order valence-corrected chi connectivity index (χ3v) is 13.0. The van der Waals surface area contributed by atoms with E-state index in [9.17, 15) is 5.11 Å². The Labute approximate surface area is 273 Å². The van der Waals surface area contributed by atoms with Gasteiger partial charge >= 0.3 is 0 Å². The SMILES string of the molecule is CCN(CC)c1cc(N2CCN(CC[C@@]3(O)CC[C@H]4[C@@H]5C[C@H](C)C6=CCC=C[C@]6(C)C5=CC[C@@]43C)CC2)nc(N(CC)CC)n1. The molecule has 6 atom stereocenters. The predicted octanol–water partition coefficient (Wildman–Crippen LogP) is 6.71. The highest BCUT2D eigenvalue weighted by molar-refractivity contribution is 5.56. The summed E-state index contributed by atoms with van der Waals surface area (Å²) in [5, 5.41) is 12.4. The van der Waals surface area contributed by atoms with Crippen molar-refractivity contribution in [1.82, 2.24) is 14.9 Å². The number of piperazine rings is 1. The van der Waals surface area contributed by atoms with Gasteiger partial charge in [-0.05, 0) is 90.9 Å². The molecule has 45 heavy (non-hydrogen) atoms. The summed E-state index contributed by atoms with van der Waals surface area (Å²) in [6.07, 6.45) is 16.3. The molecule has 0 amide bonds. The molecule has 7 heteroatoms. The Bertz CT molecular complexity index is 1280. The standard InChI is InChI=1S/C38H60N6O/c1-8-42(9-2)33-27-34(40-35(39-33)43(10-3)11-4)44-24-22-41(23-25-44)21-20-38(45)19-16-32-29-26-28(5)30-14-12-13-17-36(30,6)31(29)15-18-37(32,38)7/h13-15,17,27-29,32,45H,8-12,16,18-26H2,1-7H3/t28-,29+,32-,36-,37-,38-/m0/s1. The molecule has 1 aromatic heterocycles.